The van der Waals surface area contributed by atoms with E-state index in [0.29, 0.717) is 17.6 Å². The van der Waals surface area contributed by atoms with Gasteiger partial charge < -0.3 is 9.84 Å². The summed E-state index contributed by atoms with van der Waals surface area (Å²) in [5, 5.41) is 8.08. The molecule has 0 aromatic rings. The third-order valence-electron chi connectivity index (χ3n) is 2.40. The van der Waals surface area contributed by atoms with Crippen LogP contribution < -0.4 is 0 Å². The van der Waals surface area contributed by atoms with Crippen LogP contribution in [-0.4, -0.2) is 23.0 Å². The highest BCUT2D eigenvalue weighted by molar-refractivity contribution is 6.14. The first kappa shape index (κ1) is 12.2. The van der Waals surface area contributed by atoms with Gasteiger partial charge in [0.2, 0.25) is 0 Å². The standard InChI is InChI=1S/C6H4O3.C5H8O2/c7-5-3-1-2-4(3)6(8)9-5;1-3-4(2)5(6)7/h1-2H2;2-3H2,1H3,(H,6,7). The molecule has 0 radical (unpaired) electrons. The average Bonchev–Trinajstić information content (AvgIpc) is 2.32. The Balaban J connectivity index is 0.000000168. The lowest BCUT2D eigenvalue weighted by Gasteiger charge is -2.07. The number of carboxylic acids is 1. The summed E-state index contributed by atoms with van der Waals surface area (Å²) in [5.74, 6) is -1.76. The van der Waals surface area contributed by atoms with Crippen LogP contribution in [0.3, 0.4) is 0 Å². The molecule has 0 amide bonds. The highest BCUT2D eigenvalue weighted by atomic mass is 16.6. The zero-order chi connectivity index (χ0) is 12.3. The van der Waals surface area contributed by atoms with Crippen molar-refractivity contribution in [2.45, 2.75) is 26.2 Å². The molecule has 1 aliphatic carbocycles. The number of aliphatic carboxylic acids is 1. The molecule has 0 saturated heterocycles. The third kappa shape index (κ3) is 2.36. The van der Waals surface area contributed by atoms with E-state index >= 15 is 0 Å². The number of hydrogen-bond acceptors (Lipinski definition) is 4. The summed E-state index contributed by atoms with van der Waals surface area (Å²) in [7, 11) is 0. The SMILES string of the molecule is C=C(CC)C(=O)O.O=C1OC(=O)C2=C1CC2. The molecule has 0 aromatic carbocycles. The predicted octanol–water partition coefficient (Wildman–Crippen LogP) is 1.20. The third-order valence-corrected chi connectivity index (χ3v) is 2.40. The zero-order valence-corrected chi connectivity index (χ0v) is 8.91. The van der Waals surface area contributed by atoms with Crippen molar-refractivity contribution in [1.29, 1.82) is 0 Å². The van der Waals surface area contributed by atoms with Crippen molar-refractivity contribution >= 4 is 17.9 Å². The normalized spacial score (nSPS) is 16.8. The van der Waals surface area contributed by atoms with Crippen molar-refractivity contribution in [3.05, 3.63) is 23.3 Å². The number of cyclic esters (lactones) is 2. The van der Waals surface area contributed by atoms with Gasteiger partial charge in [-0.3, -0.25) is 0 Å². The smallest absolute Gasteiger partial charge is 0.342 e. The second-order valence-electron chi connectivity index (χ2n) is 3.40. The van der Waals surface area contributed by atoms with Crippen LogP contribution >= 0.6 is 0 Å². The van der Waals surface area contributed by atoms with Gasteiger partial charge in [0, 0.05) is 16.7 Å². The van der Waals surface area contributed by atoms with Gasteiger partial charge in [-0.1, -0.05) is 13.5 Å². The van der Waals surface area contributed by atoms with Crippen LogP contribution in [0.5, 0.6) is 0 Å². The Hall–Kier alpha value is -1.91. The largest absolute Gasteiger partial charge is 0.478 e. The van der Waals surface area contributed by atoms with E-state index in [0.717, 1.165) is 12.8 Å². The topological polar surface area (TPSA) is 80.7 Å². The first-order chi connectivity index (χ1) is 7.47. The second kappa shape index (κ2) is 4.74. The van der Waals surface area contributed by atoms with E-state index in [9.17, 15) is 14.4 Å². The van der Waals surface area contributed by atoms with Gasteiger partial charge in [-0.2, -0.15) is 0 Å². The summed E-state index contributed by atoms with van der Waals surface area (Å²) in [6, 6.07) is 0. The Bertz CT molecular complexity index is 379. The Morgan fingerprint density at radius 2 is 1.75 bits per heavy atom. The lowest BCUT2D eigenvalue weighted by Crippen LogP contribution is -2.05. The van der Waals surface area contributed by atoms with Crippen molar-refractivity contribution in [3.63, 3.8) is 0 Å². The van der Waals surface area contributed by atoms with Gasteiger partial charge in [0.05, 0.1) is 0 Å². The Morgan fingerprint density at radius 1 is 1.31 bits per heavy atom. The fourth-order valence-corrected chi connectivity index (χ4v) is 1.18. The molecular weight excluding hydrogens is 212 g/mol. The molecule has 0 saturated carbocycles. The molecule has 0 bridgehead atoms. The summed E-state index contributed by atoms with van der Waals surface area (Å²) in [6.45, 7) is 5.03. The molecule has 2 rings (SSSR count). The molecule has 5 heteroatoms. The Morgan fingerprint density at radius 3 is 1.88 bits per heavy atom. The highest BCUT2D eigenvalue weighted by Crippen LogP contribution is 2.34. The summed E-state index contributed by atoms with van der Waals surface area (Å²) in [6.07, 6.45) is 1.97. The first-order valence-electron chi connectivity index (χ1n) is 4.87. The van der Waals surface area contributed by atoms with E-state index in [4.69, 9.17) is 5.11 Å². The summed E-state index contributed by atoms with van der Waals surface area (Å²) >= 11 is 0. The van der Waals surface area contributed by atoms with Crippen LogP contribution in [-0.2, 0) is 19.1 Å². The lowest BCUT2D eigenvalue weighted by atomic mass is 9.91. The Kier molecular flexibility index (Phi) is 3.60. The van der Waals surface area contributed by atoms with E-state index in [-0.39, 0.29) is 5.57 Å². The number of carbonyl (C=O) groups excluding carboxylic acids is 2. The van der Waals surface area contributed by atoms with Gasteiger partial charge in [-0.05, 0) is 19.3 Å². The molecule has 0 atom stereocenters. The minimum Gasteiger partial charge on any atom is -0.478 e. The molecule has 0 unspecified atom stereocenters. The van der Waals surface area contributed by atoms with Crippen LogP contribution in [0, 0.1) is 0 Å². The van der Waals surface area contributed by atoms with Gasteiger partial charge in [0.15, 0.2) is 0 Å². The van der Waals surface area contributed by atoms with Crippen molar-refractivity contribution in [2.75, 3.05) is 0 Å². The molecule has 0 fully saturated rings. The maximum Gasteiger partial charge on any atom is 0.342 e. The summed E-state index contributed by atoms with van der Waals surface area (Å²) < 4.78 is 4.30. The predicted molar refractivity (Wildman–Crippen MR) is 54.4 cm³/mol. The molecule has 1 heterocycles. The fraction of sp³-hybridized carbons (Fsp3) is 0.364. The summed E-state index contributed by atoms with van der Waals surface area (Å²) in [5.41, 5.74) is 1.46. The van der Waals surface area contributed by atoms with Crippen LogP contribution in [0.2, 0.25) is 0 Å². The molecule has 16 heavy (non-hydrogen) atoms. The van der Waals surface area contributed by atoms with Crippen LogP contribution in [0.15, 0.2) is 23.3 Å². The zero-order valence-electron chi connectivity index (χ0n) is 8.91. The van der Waals surface area contributed by atoms with Gasteiger partial charge >= 0.3 is 17.9 Å². The average molecular weight is 224 g/mol. The van der Waals surface area contributed by atoms with Crippen LogP contribution in [0.4, 0.5) is 0 Å². The second-order valence-corrected chi connectivity index (χ2v) is 3.40. The molecule has 86 valence electrons. The quantitative estimate of drug-likeness (QED) is 0.433. The van der Waals surface area contributed by atoms with Crippen molar-refractivity contribution in [2.24, 2.45) is 0 Å². The van der Waals surface area contributed by atoms with Crippen LogP contribution in [0.1, 0.15) is 26.2 Å². The maximum atomic E-state index is 10.5. The summed E-state index contributed by atoms with van der Waals surface area (Å²) in [4.78, 5) is 30.9. The molecular formula is C11H12O5. The highest BCUT2D eigenvalue weighted by Gasteiger charge is 2.38. The molecule has 0 aromatic heterocycles. The molecule has 5 nitrogen and oxygen atoms in total. The van der Waals surface area contributed by atoms with Crippen LogP contribution in [0.25, 0.3) is 0 Å². The Labute approximate surface area is 92.4 Å². The first-order valence-corrected chi connectivity index (χ1v) is 4.87. The number of esters is 2. The number of ether oxygens (including phenoxy) is 1. The minimum absolute atomic E-state index is 0.264. The molecule has 1 N–H and O–H groups in total. The van der Waals surface area contributed by atoms with Crippen molar-refractivity contribution in [3.8, 4) is 0 Å². The molecule has 0 spiro atoms. The van der Waals surface area contributed by atoms with E-state index < -0.39 is 17.9 Å². The van der Waals surface area contributed by atoms with Gasteiger partial charge in [-0.15, -0.1) is 0 Å². The van der Waals surface area contributed by atoms with Crippen molar-refractivity contribution in [1.82, 2.24) is 0 Å². The van der Waals surface area contributed by atoms with E-state index in [1.807, 2.05) is 0 Å². The van der Waals surface area contributed by atoms with E-state index in [2.05, 4.69) is 11.3 Å². The molecule has 1 aliphatic heterocycles. The fourth-order valence-electron chi connectivity index (χ4n) is 1.18. The minimum atomic E-state index is -0.900. The van der Waals surface area contributed by atoms with Gasteiger partial charge in [-0.25, -0.2) is 14.4 Å². The number of carbonyl (C=O) groups is 3. The van der Waals surface area contributed by atoms with E-state index in [1.165, 1.54) is 0 Å². The van der Waals surface area contributed by atoms with Gasteiger partial charge in [0.25, 0.3) is 0 Å². The number of hydrogen-bond donors (Lipinski definition) is 1. The van der Waals surface area contributed by atoms with Crippen molar-refractivity contribution < 1.29 is 24.2 Å². The monoisotopic (exact) mass is 224 g/mol. The maximum absolute atomic E-state index is 10.5. The van der Waals surface area contributed by atoms with E-state index in [1.54, 1.807) is 6.92 Å². The number of carboxylic acid groups (broad SMARTS) is 1. The number of rotatable bonds is 2. The lowest BCUT2D eigenvalue weighted by molar-refractivity contribution is -0.150. The van der Waals surface area contributed by atoms with Gasteiger partial charge in [0.1, 0.15) is 0 Å². The molecule has 2 aliphatic rings.